The lowest BCUT2D eigenvalue weighted by Gasteiger charge is -2.17. The van der Waals surface area contributed by atoms with Crippen LogP contribution in [-0.4, -0.2) is 4.92 Å². The van der Waals surface area contributed by atoms with Crippen molar-refractivity contribution in [1.29, 1.82) is 0 Å². The summed E-state index contributed by atoms with van der Waals surface area (Å²) >= 11 is 5.87. The number of nitrogens with zero attached hydrogens (tertiary/aromatic N) is 1. The molecule has 6 heteroatoms. The number of rotatable bonds is 6. The Morgan fingerprint density at radius 2 is 1.95 bits per heavy atom. The van der Waals surface area contributed by atoms with Crippen LogP contribution in [0.5, 0.6) is 0 Å². The van der Waals surface area contributed by atoms with E-state index in [1.54, 1.807) is 12.1 Å². The molecular weight excluding hydrogens is 307 g/mol. The monoisotopic (exact) mass is 322 g/mol. The summed E-state index contributed by atoms with van der Waals surface area (Å²) in [5.74, 6) is -0.484. The van der Waals surface area contributed by atoms with Gasteiger partial charge in [-0.3, -0.25) is 10.1 Å². The van der Waals surface area contributed by atoms with Crippen LogP contribution in [0.4, 0.5) is 10.1 Å². The first-order valence-electron chi connectivity index (χ1n) is 6.93. The van der Waals surface area contributed by atoms with Crippen LogP contribution in [0.3, 0.4) is 0 Å². The van der Waals surface area contributed by atoms with Crippen LogP contribution in [0.25, 0.3) is 0 Å². The summed E-state index contributed by atoms with van der Waals surface area (Å²) in [5.41, 5.74) is 1.28. The third-order valence-electron chi connectivity index (χ3n) is 3.46. The fraction of sp³-hybridized carbons (Fsp3) is 0.250. The molecule has 0 saturated heterocycles. The summed E-state index contributed by atoms with van der Waals surface area (Å²) in [4.78, 5) is 10.5. The van der Waals surface area contributed by atoms with Gasteiger partial charge in [0.15, 0.2) is 0 Å². The van der Waals surface area contributed by atoms with Crippen LogP contribution >= 0.6 is 11.6 Å². The van der Waals surface area contributed by atoms with Crippen molar-refractivity contribution in [3.8, 4) is 0 Å². The predicted octanol–water partition coefficient (Wildman–Crippen LogP) is 4.63. The van der Waals surface area contributed by atoms with Crippen molar-refractivity contribution in [2.75, 3.05) is 0 Å². The quantitative estimate of drug-likeness (QED) is 0.623. The van der Waals surface area contributed by atoms with Gasteiger partial charge in [-0.25, -0.2) is 4.39 Å². The molecule has 2 aromatic carbocycles. The largest absolute Gasteiger partial charge is 0.306 e. The molecule has 4 nitrogen and oxygen atoms in total. The number of hydrogen-bond acceptors (Lipinski definition) is 3. The molecule has 1 atom stereocenters. The summed E-state index contributed by atoms with van der Waals surface area (Å²) in [6, 6.07) is 10.9. The molecule has 1 N–H and O–H groups in total. The first-order valence-corrected chi connectivity index (χ1v) is 7.30. The van der Waals surface area contributed by atoms with Crippen molar-refractivity contribution in [1.82, 2.24) is 5.32 Å². The Hall–Kier alpha value is -1.98. The van der Waals surface area contributed by atoms with E-state index in [9.17, 15) is 14.5 Å². The van der Waals surface area contributed by atoms with Gasteiger partial charge in [-0.15, -0.1) is 0 Å². The third-order valence-corrected chi connectivity index (χ3v) is 3.71. The minimum atomic E-state index is -0.500. The lowest BCUT2D eigenvalue weighted by Crippen LogP contribution is -2.20. The fourth-order valence-electron chi connectivity index (χ4n) is 2.30. The molecule has 2 aromatic rings. The second-order valence-corrected chi connectivity index (χ2v) is 5.36. The molecule has 0 aliphatic carbocycles. The summed E-state index contributed by atoms with van der Waals surface area (Å²) in [5, 5.41) is 14.9. The fourth-order valence-corrected chi connectivity index (χ4v) is 2.43. The highest BCUT2D eigenvalue weighted by molar-refractivity contribution is 6.30. The van der Waals surface area contributed by atoms with Crippen LogP contribution in [0.1, 0.15) is 30.5 Å². The Bertz CT molecular complexity index is 662. The minimum Gasteiger partial charge on any atom is -0.306 e. The van der Waals surface area contributed by atoms with E-state index in [0.29, 0.717) is 10.6 Å². The van der Waals surface area contributed by atoms with Gasteiger partial charge in [0.2, 0.25) is 0 Å². The van der Waals surface area contributed by atoms with E-state index in [0.717, 1.165) is 18.1 Å². The van der Waals surface area contributed by atoms with Crippen molar-refractivity contribution < 1.29 is 9.31 Å². The second kappa shape index (κ2) is 7.33. The molecule has 1 unspecified atom stereocenters. The zero-order chi connectivity index (χ0) is 16.1. The van der Waals surface area contributed by atoms with Crippen LogP contribution in [0.2, 0.25) is 5.02 Å². The Labute approximate surface area is 133 Å². The molecule has 0 aliphatic rings. The van der Waals surface area contributed by atoms with E-state index in [1.165, 1.54) is 12.1 Å². The number of benzene rings is 2. The first-order chi connectivity index (χ1) is 10.5. The maximum Gasteiger partial charge on any atom is 0.274 e. The molecule has 0 heterocycles. The number of nitro groups is 1. The van der Waals surface area contributed by atoms with Gasteiger partial charge in [-0.05, 0) is 36.2 Å². The Morgan fingerprint density at radius 3 is 2.55 bits per heavy atom. The summed E-state index contributed by atoms with van der Waals surface area (Å²) < 4.78 is 13.3. The number of hydrogen-bond donors (Lipinski definition) is 1. The second-order valence-electron chi connectivity index (χ2n) is 4.92. The topological polar surface area (TPSA) is 55.2 Å². The van der Waals surface area contributed by atoms with E-state index in [2.05, 4.69) is 5.32 Å². The first kappa shape index (κ1) is 16.4. The standard InChI is InChI=1S/C16H16ClFN2O2/c1-2-15(11-3-5-13(17)6-4-11)19-10-12-9-14(18)7-8-16(12)20(21)22/h3-9,15,19H,2,10H2,1H3. The third kappa shape index (κ3) is 4.02. The molecule has 2 rings (SSSR count). The van der Waals surface area contributed by atoms with Crippen molar-refractivity contribution in [3.05, 3.63) is 74.5 Å². The van der Waals surface area contributed by atoms with Crippen molar-refractivity contribution >= 4 is 17.3 Å². The van der Waals surface area contributed by atoms with Crippen LogP contribution in [0, 0.1) is 15.9 Å². The van der Waals surface area contributed by atoms with E-state index in [-0.39, 0.29) is 18.3 Å². The van der Waals surface area contributed by atoms with E-state index in [4.69, 9.17) is 11.6 Å². The van der Waals surface area contributed by atoms with Crippen molar-refractivity contribution in [3.63, 3.8) is 0 Å². The molecule has 0 spiro atoms. The number of nitrogens with one attached hydrogen (secondary N) is 1. The van der Waals surface area contributed by atoms with Gasteiger partial charge in [0.1, 0.15) is 5.82 Å². The van der Waals surface area contributed by atoms with Gasteiger partial charge < -0.3 is 5.32 Å². The molecule has 116 valence electrons. The molecule has 0 aliphatic heterocycles. The molecule has 0 amide bonds. The van der Waals surface area contributed by atoms with E-state index in [1.807, 2.05) is 19.1 Å². The Balaban J connectivity index is 2.15. The Kier molecular flexibility index (Phi) is 5.46. The predicted molar refractivity (Wildman–Crippen MR) is 84.4 cm³/mol. The smallest absolute Gasteiger partial charge is 0.274 e. The van der Waals surface area contributed by atoms with Crippen LogP contribution in [0.15, 0.2) is 42.5 Å². The SMILES string of the molecule is CCC(NCc1cc(F)ccc1[N+](=O)[O-])c1ccc(Cl)cc1. The maximum atomic E-state index is 13.3. The molecule has 0 bridgehead atoms. The van der Waals surface area contributed by atoms with Crippen molar-refractivity contribution in [2.24, 2.45) is 0 Å². The van der Waals surface area contributed by atoms with Gasteiger partial charge in [0.05, 0.1) is 4.92 Å². The normalized spacial score (nSPS) is 12.1. The molecule has 22 heavy (non-hydrogen) atoms. The molecule has 0 radical (unpaired) electrons. The van der Waals surface area contributed by atoms with Crippen molar-refractivity contribution in [2.45, 2.75) is 25.9 Å². The Morgan fingerprint density at radius 1 is 1.27 bits per heavy atom. The average molecular weight is 323 g/mol. The number of halogens is 2. The van der Waals surface area contributed by atoms with Gasteiger partial charge in [-0.2, -0.15) is 0 Å². The summed E-state index contributed by atoms with van der Waals surface area (Å²) in [7, 11) is 0. The summed E-state index contributed by atoms with van der Waals surface area (Å²) in [6.45, 7) is 2.22. The lowest BCUT2D eigenvalue weighted by atomic mass is 10.0. The average Bonchev–Trinajstić information content (AvgIpc) is 2.49. The lowest BCUT2D eigenvalue weighted by molar-refractivity contribution is -0.385. The van der Waals surface area contributed by atoms with E-state index < -0.39 is 10.7 Å². The van der Waals surface area contributed by atoms with Gasteiger partial charge in [0, 0.05) is 29.2 Å². The van der Waals surface area contributed by atoms with E-state index >= 15 is 0 Å². The highest BCUT2D eigenvalue weighted by atomic mass is 35.5. The highest BCUT2D eigenvalue weighted by Crippen LogP contribution is 2.23. The number of nitro benzene ring substituents is 1. The van der Waals surface area contributed by atoms with Gasteiger partial charge >= 0.3 is 0 Å². The van der Waals surface area contributed by atoms with Gasteiger partial charge in [-0.1, -0.05) is 30.7 Å². The van der Waals surface area contributed by atoms with Crippen LogP contribution in [-0.2, 0) is 6.54 Å². The van der Waals surface area contributed by atoms with Crippen LogP contribution < -0.4 is 5.32 Å². The molecular formula is C16H16ClFN2O2. The summed E-state index contributed by atoms with van der Waals surface area (Å²) in [6.07, 6.45) is 0.796. The van der Waals surface area contributed by atoms with Gasteiger partial charge in [0.25, 0.3) is 5.69 Å². The zero-order valence-corrected chi connectivity index (χ0v) is 12.8. The zero-order valence-electron chi connectivity index (χ0n) is 12.1. The molecule has 0 saturated carbocycles. The molecule has 0 fully saturated rings. The highest BCUT2D eigenvalue weighted by Gasteiger charge is 2.16. The minimum absolute atomic E-state index is 0.0140. The molecule has 0 aromatic heterocycles. The maximum absolute atomic E-state index is 13.3.